The lowest BCUT2D eigenvalue weighted by Crippen LogP contribution is -2.32. The van der Waals surface area contributed by atoms with E-state index in [9.17, 15) is 0 Å². The van der Waals surface area contributed by atoms with Crippen LogP contribution < -0.4 is 5.73 Å². The summed E-state index contributed by atoms with van der Waals surface area (Å²) in [6.45, 7) is 0. The van der Waals surface area contributed by atoms with Crippen molar-refractivity contribution in [2.45, 2.75) is 80.4 Å². The number of benzene rings is 1. The molecule has 0 spiro atoms. The summed E-state index contributed by atoms with van der Waals surface area (Å²) in [6.07, 6.45) is 13.3. The lowest BCUT2D eigenvalue weighted by Gasteiger charge is -2.24. The maximum Gasteiger partial charge on any atom is 0.0417 e. The van der Waals surface area contributed by atoms with Crippen LogP contribution in [0.5, 0.6) is 0 Å². The molecule has 0 aromatic heterocycles. The van der Waals surface area contributed by atoms with Crippen LogP contribution in [-0.4, -0.2) is 11.3 Å². The molecule has 1 aliphatic rings. The molecule has 0 saturated heterocycles. The first kappa shape index (κ1) is 17.2. The van der Waals surface area contributed by atoms with Crippen molar-refractivity contribution in [2.24, 2.45) is 5.73 Å². The number of thioether (sulfide) groups is 1. The average Bonchev–Trinajstić information content (AvgIpc) is 2.46. The van der Waals surface area contributed by atoms with Crippen molar-refractivity contribution in [2.75, 3.05) is 0 Å². The molecule has 118 valence electrons. The Hall–Kier alpha value is -0.180. The second-order valence-corrected chi connectivity index (χ2v) is 7.93. The molecule has 0 amide bonds. The highest BCUT2D eigenvalue weighted by atomic mass is 35.5. The molecular weight excluding hydrogens is 298 g/mol. The minimum atomic E-state index is 0.313. The summed E-state index contributed by atoms with van der Waals surface area (Å²) < 4.78 is 0. The van der Waals surface area contributed by atoms with Gasteiger partial charge in [-0.15, -0.1) is 11.8 Å². The highest BCUT2D eigenvalue weighted by molar-refractivity contribution is 8.00. The zero-order chi connectivity index (χ0) is 14.9. The van der Waals surface area contributed by atoms with Crippen molar-refractivity contribution in [1.82, 2.24) is 0 Å². The van der Waals surface area contributed by atoms with Crippen LogP contribution in [0.1, 0.15) is 64.2 Å². The SMILES string of the molecule is NC1CCCCCCCCCCC1Sc1cccc(Cl)c1. The first-order chi connectivity index (χ1) is 10.3. The Labute approximate surface area is 139 Å². The summed E-state index contributed by atoms with van der Waals surface area (Å²) in [7, 11) is 0. The smallest absolute Gasteiger partial charge is 0.0417 e. The molecule has 1 nitrogen and oxygen atoms in total. The zero-order valence-corrected chi connectivity index (χ0v) is 14.5. The Morgan fingerprint density at radius 1 is 0.905 bits per heavy atom. The van der Waals surface area contributed by atoms with Crippen LogP contribution in [0.2, 0.25) is 5.02 Å². The molecule has 2 atom stereocenters. The third-order valence-corrected chi connectivity index (χ3v) is 5.99. The minimum Gasteiger partial charge on any atom is -0.327 e. The molecule has 0 radical (unpaired) electrons. The second-order valence-electron chi connectivity index (χ2n) is 6.18. The number of hydrogen-bond donors (Lipinski definition) is 1. The van der Waals surface area contributed by atoms with E-state index in [1.54, 1.807) is 0 Å². The van der Waals surface area contributed by atoms with Gasteiger partial charge >= 0.3 is 0 Å². The van der Waals surface area contributed by atoms with E-state index in [0.29, 0.717) is 11.3 Å². The molecule has 1 fully saturated rings. The fraction of sp³-hybridized carbons (Fsp3) is 0.667. The van der Waals surface area contributed by atoms with Crippen molar-refractivity contribution < 1.29 is 0 Å². The van der Waals surface area contributed by atoms with Gasteiger partial charge in [-0.1, -0.05) is 69.0 Å². The summed E-state index contributed by atoms with van der Waals surface area (Å²) in [5.74, 6) is 0. The predicted octanol–water partition coefficient (Wildman–Crippen LogP) is 6.04. The van der Waals surface area contributed by atoms with Gasteiger partial charge in [-0.3, -0.25) is 0 Å². The fourth-order valence-corrected chi connectivity index (χ4v) is 4.60. The summed E-state index contributed by atoms with van der Waals surface area (Å²) in [4.78, 5) is 1.26. The molecule has 1 aliphatic carbocycles. The monoisotopic (exact) mass is 325 g/mol. The van der Waals surface area contributed by atoms with E-state index in [2.05, 4.69) is 12.1 Å². The van der Waals surface area contributed by atoms with E-state index in [1.807, 2.05) is 23.9 Å². The average molecular weight is 326 g/mol. The second kappa shape index (κ2) is 9.76. The Morgan fingerprint density at radius 2 is 1.52 bits per heavy atom. The van der Waals surface area contributed by atoms with Gasteiger partial charge in [0.05, 0.1) is 0 Å². The van der Waals surface area contributed by atoms with Crippen LogP contribution in [0, 0.1) is 0 Å². The third-order valence-electron chi connectivity index (χ3n) is 4.34. The molecule has 21 heavy (non-hydrogen) atoms. The van der Waals surface area contributed by atoms with Crippen LogP contribution in [0.4, 0.5) is 0 Å². The molecule has 1 aromatic rings. The molecule has 1 saturated carbocycles. The highest BCUT2D eigenvalue weighted by Gasteiger charge is 2.19. The molecule has 2 N–H and O–H groups in total. The Balaban J connectivity index is 1.94. The zero-order valence-electron chi connectivity index (χ0n) is 12.9. The molecule has 1 aromatic carbocycles. The van der Waals surface area contributed by atoms with Gasteiger partial charge in [0.25, 0.3) is 0 Å². The van der Waals surface area contributed by atoms with Crippen LogP contribution >= 0.6 is 23.4 Å². The third kappa shape index (κ3) is 6.63. The Kier molecular flexibility index (Phi) is 7.98. The fourth-order valence-electron chi connectivity index (χ4n) is 3.05. The normalized spacial score (nSPS) is 25.8. The summed E-state index contributed by atoms with van der Waals surface area (Å²) in [5.41, 5.74) is 6.49. The van der Waals surface area contributed by atoms with Gasteiger partial charge in [0.2, 0.25) is 0 Å². The van der Waals surface area contributed by atoms with Gasteiger partial charge in [-0.2, -0.15) is 0 Å². The predicted molar refractivity (Wildman–Crippen MR) is 95.2 cm³/mol. The number of rotatable bonds is 2. The molecule has 2 rings (SSSR count). The first-order valence-electron chi connectivity index (χ1n) is 8.43. The van der Waals surface area contributed by atoms with E-state index in [0.717, 1.165) is 11.4 Å². The quantitative estimate of drug-likeness (QED) is 0.717. The van der Waals surface area contributed by atoms with Crippen molar-refractivity contribution in [1.29, 1.82) is 0 Å². The van der Waals surface area contributed by atoms with Crippen molar-refractivity contribution >= 4 is 23.4 Å². The summed E-state index contributed by atoms with van der Waals surface area (Å²) in [5, 5.41) is 1.35. The molecule has 0 aliphatic heterocycles. The van der Waals surface area contributed by atoms with E-state index in [4.69, 9.17) is 17.3 Å². The maximum absolute atomic E-state index is 6.49. The van der Waals surface area contributed by atoms with Gasteiger partial charge in [0.1, 0.15) is 0 Å². The first-order valence-corrected chi connectivity index (χ1v) is 9.69. The molecule has 3 heteroatoms. The minimum absolute atomic E-state index is 0.313. The van der Waals surface area contributed by atoms with Crippen LogP contribution in [-0.2, 0) is 0 Å². The number of nitrogens with two attached hydrogens (primary N) is 1. The van der Waals surface area contributed by atoms with E-state index in [1.165, 1.54) is 62.7 Å². The van der Waals surface area contributed by atoms with Crippen molar-refractivity contribution in [3.05, 3.63) is 29.3 Å². The summed E-state index contributed by atoms with van der Waals surface area (Å²) >= 11 is 8.03. The van der Waals surface area contributed by atoms with Crippen molar-refractivity contribution in [3.63, 3.8) is 0 Å². The summed E-state index contributed by atoms with van der Waals surface area (Å²) in [6, 6.07) is 8.50. The van der Waals surface area contributed by atoms with Gasteiger partial charge in [-0.05, 0) is 31.0 Å². The molecule has 0 bridgehead atoms. The highest BCUT2D eigenvalue weighted by Crippen LogP contribution is 2.32. The number of halogens is 1. The van der Waals surface area contributed by atoms with Gasteiger partial charge in [-0.25, -0.2) is 0 Å². The maximum atomic E-state index is 6.49. The molecule has 0 heterocycles. The van der Waals surface area contributed by atoms with Gasteiger partial charge in [0, 0.05) is 21.2 Å². The topological polar surface area (TPSA) is 26.0 Å². The van der Waals surface area contributed by atoms with Crippen LogP contribution in [0.25, 0.3) is 0 Å². The Morgan fingerprint density at radius 3 is 2.19 bits per heavy atom. The van der Waals surface area contributed by atoms with Crippen LogP contribution in [0.15, 0.2) is 29.2 Å². The van der Waals surface area contributed by atoms with Crippen LogP contribution in [0.3, 0.4) is 0 Å². The van der Waals surface area contributed by atoms with Gasteiger partial charge < -0.3 is 5.73 Å². The lowest BCUT2D eigenvalue weighted by atomic mass is 9.98. The largest absolute Gasteiger partial charge is 0.327 e. The Bertz CT molecular complexity index is 410. The van der Waals surface area contributed by atoms with E-state index in [-0.39, 0.29) is 0 Å². The van der Waals surface area contributed by atoms with Crippen molar-refractivity contribution in [3.8, 4) is 0 Å². The van der Waals surface area contributed by atoms with E-state index >= 15 is 0 Å². The van der Waals surface area contributed by atoms with E-state index < -0.39 is 0 Å². The molecular formula is C18H28ClNS. The van der Waals surface area contributed by atoms with Gasteiger partial charge in [0.15, 0.2) is 0 Å². The lowest BCUT2D eigenvalue weighted by molar-refractivity contribution is 0.473. The number of hydrogen-bond acceptors (Lipinski definition) is 2. The molecule has 2 unspecified atom stereocenters. The standard InChI is InChI=1S/C18H28ClNS/c19-15-10-9-11-16(14-15)21-18-13-8-6-4-2-1-3-5-7-12-17(18)20/h9-11,14,17-18H,1-8,12-13,20H2.